The minimum atomic E-state index is -3.61. The first-order chi connectivity index (χ1) is 12.3. The van der Waals surface area contributed by atoms with Crippen molar-refractivity contribution in [2.45, 2.75) is 51.4 Å². The third-order valence-electron chi connectivity index (χ3n) is 3.46. The average Bonchev–Trinajstić information content (AvgIpc) is 2.83. The van der Waals surface area contributed by atoms with Crippen LogP contribution >= 0.6 is 0 Å². The van der Waals surface area contributed by atoms with E-state index in [0.717, 1.165) is 11.2 Å². The van der Waals surface area contributed by atoms with Gasteiger partial charge in [0.05, 0.1) is 39.2 Å². The number of alkyl halides is 1. The van der Waals surface area contributed by atoms with Crippen molar-refractivity contribution in [3.05, 3.63) is 0 Å². The molecule has 0 aromatic heterocycles. The zero-order valence-electron chi connectivity index (χ0n) is 16.3. The van der Waals surface area contributed by atoms with E-state index in [1.807, 2.05) is 0 Å². The summed E-state index contributed by atoms with van der Waals surface area (Å²) in [5, 5.41) is 0. The monoisotopic (exact) mass is 413 g/mol. The summed E-state index contributed by atoms with van der Waals surface area (Å²) in [5.74, 6) is -0.719. The van der Waals surface area contributed by atoms with Crippen molar-refractivity contribution in [1.29, 1.82) is 0 Å². The molecule has 0 aromatic carbocycles. The van der Waals surface area contributed by atoms with Gasteiger partial charge in [0, 0.05) is 6.42 Å². The Morgan fingerprint density at radius 2 is 1.89 bits per heavy atom. The van der Waals surface area contributed by atoms with Crippen molar-refractivity contribution in [3.63, 3.8) is 0 Å². The van der Waals surface area contributed by atoms with Crippen LogP contribution in [0.3, 0.4) is 0 Å². The van der Waals surface area contributed by atoms with Gasteiger partial charge in [-0.2, -0.15) is 8.42 Å². The van der Waals surface area contributed by atoms with Gasteiger partial charge in [-0.1, -0.05) is 0 Å². The molecule has 0 aliphatic carbocycles. The van der Waals surface area contributed by atoms with E-state index >= 15 is 4.39 Å². The number of hydrogen-bond acceptors (Lipinski definition) is 8. The Bertz CT molecular complexity index is 633. The minimum Gasteiger partial charge on any atom is -0.464 e. The fraction of sp³-hybridized carbons (Fsp3) is 0.875. The molecular formula is C16H28FNO8S. The van der Waals surface area contributed by atoms with Gasteiger partial charge < -0.3 is 14.2 Å². The summed E-state index contributed by atoms with van der Waals surface area (Å²) in [6.45, 7) is 5.43. The van der Waals surface area contributed by atoms with E-state index in [2.05, 4.69) is 4.18 Å². The number of amides is 1. The molecule has 0 N–H and O–H groups in total. The molecule has 1 amide bonds. The average molecular weight is 413 g/mol. The zero-order chi connectivity index (χ0) is 20.9. The lowest BCUT2D eigenvalue weighted by molar-refractivity contribution is -0.148. The quantitative estimate of drug-likeness (QED) is 0.332. The normalized spacial score (nSPS) is 23.3. The molecule has 11 heteroatoms. The summed E-state index contributed by atoms with van der Waals surface area (Å²) < 4.78 is 56.7. The number of halogens is 1. The van der Waals surface area contributed by atoms with Gasteiger partial charge in [-0.05, 0) is 27.7 Å². The Balaban J connectivity index is 2.73. The highest BCUT2D eigenvalue weighted by atomic mass is 32.2. The van der Waals surface area contributed by atoms with Crippen LogP contribution in [0.5, 0.6) is 0 Å². The van der Waals surface area contributed by atoms with Crippen molar-refractivity contribution in [3.8, 4) is 0 Å². The molecule has 0 spiro atoms. The molecule has 1 saturated heterocycles. The Morgan fingerprint density at radius 1 is 1.26 bits per heavy atom. The lowest BCUT2D eigenvalue weighted by Gasteiger charge is -2.27. The number of rotatable bonds is 8. The maximum atomic E-state index is 15.1. The Morgan fingerprint density at radius 3 is 2.41 bits per heavy atom. The number of esters is 1. The van der Waals surface area contributed by atoms with E-state index in [9.17, 15) is 18.0 Å². The van der Waals surface area contributed by atoms with Gasteiger partial charge in [0.15, 0.2) is 5.67 Å². The van der Waals surface area contributed by atoms with Crippen molar-refractivity contribution in [1.82, 2.24) is 4.90 Å². The third-order valence-corrected chi connectivity index (χ3v) is 4.06. The highest BCUT2D eigenvalue weighted by Gasteiger charge is 2.51. The van der Waals surface area contributed by atoms with Gasteiger partial charge in [-0.15, -0.1) is 0 Å². The van der Waals surface area contributed by atoms with E-state index in [4.69, 9.17) is 14.2 Å². The number of hydrogen-bond donors (Lipinski definition) is 0. The van der Waals surface area contributed by atoms with Crippen molar-refractivity contribution in [2.75, 3.05) is 39.2 Å². The molecule has 158 valence electrons. The molecular weight excluding hydrogens is 385 g/mol. The van der Waals surface area contributed by atoms with Crippen LogP contribution in [0, 0.1) is 0 Å². The smallest absolute Gasteiger partial charge is 0.411 e. The van der Waals surface area contributed by atoms with Crippen LogP contribution in [0.4, 0.5) is 9.18 Å². The van der Waals surface area contributed by atoms with E-state index < -0.39 is 52.6 Å². The molecule has 1 aliphatic heterocycles. The van der Waals surface area contributed by atoms with Gasteiger partial charge in [0.2, 0.25) is 0 Å². The van der Waals surface area contributed by atoms with Gasteiger partial charge in [0.1, 0.15) is 11.6 Å². The molecule has 1 rings (SSSR count). The van der Waals surface area contributed by atoms with E-state index in [-0.39, 0.29) is 26.2 Å². The van der Waals surface area contributed by atoms with Gasteiger partial charge in [-0.25, -0.2) is 14.0 Å². The van der Waals surface area contributed by atoms with Gasteiger partial charge in [-0.3, -0.25) is 9.08 Å². The topological polar surface area (TPSA) is 108 Å². The van der Waals surface area contributed by atoms with E-state index in [0.29, 0.717) is 0 Å². The number of likely N-dealkylation sites (tertiary alicyclic amines) is 1. The minimum absolute atomic E-state index is 0.0934. The summed E-state index contributed by atoms with van der Waals surface area (Å²) in [6.07, 6.45) is -0.234. The largest absolute Gasteiger partial charge is 0.464 e. The van der Waals surface area contributed by atoms with Crippen LogP contribution in [0.25, 0.3) is 0 Å². The molecule has 27 heavy (non-hydrogen) atoms. The van der Waals surface area contributed by atoms with Crippen molar-refractivity contribution < 1.29 is 40.8 Å². The van der Waals surface area contributed by atoms with Crippen LogP contribution in [0.1, 0.15) is 34.1 Å². The Kier molecular flexibility index (Phi) is 8.00. The predicted molar refractivity (Wildman–Crippen MR) is 93.4 cm³/mol. The highest BCUT2D eigenvalue weighted by Crippen LogP contribution is 2.33. The molecule has 1 heterocycles. The molecule has 1 aliphatic rings. The lowest BCUT2D eigenvalue weighted by Crippen LogP contribution is -2.44. The summed E-state index contributed by atoms with van der Waals surface area (Å²) in [7, 11) is -3.61. The SMILES string of the molecule is CCOC(=O)[C@@H]1C[C@](F)(COCCOS(C)(=O)=O)CN1C(=O)OC(C)(C)C. The summed E-state index contributed by atoms with van der Waals surface area (Å²) in [5.41, 5.74) is -2.81. The fourth-order valence-electron chi connectivity index (χ4n) is 2.50. The van der Waals surface area contributed by atoms with E-state index in [1.165, 1.54) is 0 Å². The van der Waals surface area contributed by atoms with Crippen LogP contribution in [-0.2, 0) is 33.3 Å². The van der Waals surface area contributed by atoms with Crippen LogP contribution < -0.4 is 0 Å². The second-order valence-electron chi connectivity index (χ2n) is 7.31. The van der Waals surface area contributed by atoms with Crippen molar-refractivity contribution in [2.24, 2.45) is 0 Å². The zero-order valence-corrected chi connectivity index (χ0v) is 17.1. The molecule has 2 atom stereocenters. The van der Waals surface area contributed by atoms with Crippen LogP contribution in [-0.4, -0.2) is 81.9 Å². The van der Waals surface area contributed by atoms with Crippen LogP contribution in [0.2, 0.25) is 0 Å². The Hall–Kier alpha value is -1.46. The molecule has 0 radical (unpaired) electrons. The van der Waals surface area contributed by atoms with Crippen molar-refractivity contribution >= 4 is 22.2 Å². The number of carbonyl (C=O) groups excluding carboxylic acids is 2. The molecule has 0 saturated carbocycles. The van der Waals surface area contributed by atoms with Crippen LogP contribution in [0.15, 0.2) is 0 Å². The molecule has 0 bridgehead atoms. The molecule has 0 aromatic rings. The highest BCUT2D eigenvalue weighted by molar-refractivity contribution is 7.85. The number of ether oxygens (including phenoxy) is 3. The second kappa shape index (κ2) is 9.16. The predicted octanol–water partition coefficient (Wildman–Crippen LogP) is 1.26. The maximum Gasteiger partial charge on any atom is 0.411 e. The maximum absolute atomic E-state index is 15.1. The lowest BCUT2D eigenvalue weighted by atomic mass is 10.0. The summed E-state index contributed by atoms with van der Waals surface area (Å²) in [4.78, 5) is 25.5. The third kappa shape index (κ3) is 8.39. The standard InChI is InChI=1S/C16H28FNO8S/c1-6-24-13(19)12-9-16(17,11-23-7-8-25-27(5,21)22)10-18(12)14(20)26-15(2,3)4/h12H,6-11H2,1-5H3/t12-,16+/m0/s1. The van der Waals surface area contributed by atoms with Gasteiger partial charge >= 0.3 is 12.1 Å². The number of carbonyl (C=O) groups is 2. The summed E-state index contributed by atoms with van der Waals surface area (Å²) >= 11 is 0. The fourth-order valence-corrected chi connectivity index (χ4v) is 2.87. The number of nitrogens with zero attached hydrogens (tertiary/aromatic N) is 1. The first-order valence-electron chi connectivity index (χ1n) is 8.54. The molecule has 9 nitrogen and oxygen atoms in total. The first-order valence-corrected chi connectivity index (χ1v) is 10.4. The molecule has 1 fully saturated rings. The summed E-state index contributed by atoms with van der Waals surface area (Å²) in [6, 6.07) is -1.12. The second-order valence-corrected chi connectivity index (χ2v) is 8.95. The Labute approximate surface area is 159 Å². The van der Waals surface area contributed by atoms with E-state index in [1.54, 1.807) is 27.7 Å². The first kappa shape index (κ1) is 23.6. The molecule has 0 unspecified atom stereocenters. The van der Waals surface area contributed by atoms with Gasteiger partial charge in [0.25, 0.3) is 10.1 Å².